The molecule has 3 fully saturated rings. The number of amides is 1. The highest BCUT2D eigenvalue weighted by Gasteiger charge is 2.43. The van der Waals surface area contributed by atoms with Crippen molar-refractivity contribution < 1.29 is 4.79 Å². The predicted molar refractivity (Wildman–Crippen MR) is 141 cm³/mol. The van der Waals surface area contributed by atoms with Gasteiger partial charge in [-0.1, -0.05) is 43.7 Å². The largest absolute Gasteiger partial charge is 0.383 e. The summed E-state index contributed by atoms with van der Waals surface area (Å²) in [6.07, 6.45) is 10.2. The highest BCUT2D eigenvalue weighted by Crippen LogP contribution is 2.45. The Kier molecular flexibility index (Phi) is 6.21. The van der Waals surface area contributed by atoms with Gasteiger partial charge in [0.1, 0.15) is 17.8 Å². The minimum Gasteiger partial charge on any atom is -0.383 e. The molecule has 188 valence electrons. The van der Waals surface area contributed by atoms with Gasteiger partial charge in [-0.2, -0.15) is 5.10 Å². The van der Waals surface area contributed by atoms with Crippen LogP contribution in [0.25, 0.3) is 22.3 Å². The molecule has 3 aliphatic rings. The summed E-state index contributed by atoms with van der Waals surface area (Å²) in [4.78, 5) is 25.5. The van der Waals surface area contributed by atoms with E-state index in [1.807, 2.05) is 4.90 Å². The van der Waals surface area contributed by atoms with Gasteiger partial charge in [0.05, 0.1) is 11.4 Å². The van der Waals surface area contributed by atoms with Crippen LogP contribution in [0.1, 0.15) is 50.1 Å². The zero-order valence-corrected chi connectivity index (χ0v) is 20.9. The van der Waals surface area contributed by atoms with Crippen molar-refractivity contribution >= 4 is 22.8 Å². The van der Waals surface area contributed by atoms with Crippen LogP contribution in [0, 0.1) is 11.8 Å². The lowest BCUT2D eigenvalue weighted by Crippen LogP contribution is -2.28. The molecule has 1 saturated carbocycles. The second-order valence-corrected chi connectivity index (χ2v) is 10.7. The van der Waals surface area contributed by atoms with E-state index in [9.17, 15) is 4.79 Å². The zero-order valence-electron chi connectivity index (χ0n) is 20.9. The van der Waals surface area contributed by atoms with Gasteiger partial charge in [-0.3, -0.25) is 9.69 Å². The van der Waals surface area contributed by atoms with Crippen molar-refractivity contribution in [2.45, 2.75) is 51.1 Å². The molecule has 1 aromatic carbocycles. The third kappa shape index (κ3) is 4.28. The third-order valence-electron chi connectivity index (χ3n) is 8.41. The fraction of sp³-hybridized carbons (Fsp3) is 0.500. The van der Waals surface area contributed by atoms with Gasteiger partial charge >= 0.3 is 0 Å². The van der Waals surface area contributed by atoms with E-state index in [1.54, 1.807) is 0 Å². The Hall–Kier alpha value is -3.26. The lowest BCUT2D eigenvalue weighted by Gasteiger charge is -2.19. The first kappa shape index (κ1) is 23.2. The number of nitrogens with two attached hydrogens (primary N) is 1. The van der Waals surface area contributed by atoms with Gasteiger partial charge in [-0.15, -0.1) is 0 Å². The van der Waals surface area contributed by atoms with E-state index >= 15 is 0 Å². The molecule has 0 radical (unpaired) electrons. The van der Waals surface area contributed by atoms with E-state index in [1.165, 1.54) is 56.7 Å². The number of hydrogen-bond donors (Lipinski definition) is 1. The first-order chi connectivity index (χ1) is 17.6. The van der Waals surface area contributed by atoms with Gasteiger partial charge in [0.2, 0.25) is 5.91 Å². The maximum atomic E-state index is 12.1. The summed E-state index contributed by atoms with van der Waals surface area (Å²) in [5.74, 6) is 1.47. The zero-order chi connectivity index (χ0) is 24.6. The number of aromatic nitrogens is 4. The molecule has 0 spiro atoms. The number of anilines is 1. The molecular weight excluding hydrogens is 450 g/mol. The highest BCUT2D eigenvalue weighted by atomic mass is 16.2. The first-order valence-corrected chi connectivity index (χ1v) is 13.3. The predicted octanol–water partition coefficient (Wildman–Crippen LogP) is 4.05. The van der Waals surface area contributed by atoms with E-state index < -0.39 is 0 Å². The molecular formula is C28H35N7O. The molecule has 36 heavy (non-hydrogen) atoms. The Morgan fingerprint density at radius 1 is 1.03 bits per heavy atom. The van der Waals surface area contributed by atoms with Crippen LogP contribution < -0.4 is 5.73 Å². The monoisotopic (exact) mass is 485 g/mol. The van der Waals surface area contributed by atoms with Crippen molar-refractivity contribution in [2.75, 3.05) is 31.9 Å². The Morgan fingerprint density at radius 3 is 2.39 bits per heavy atom. The smallest absolute Gasteiger partial charge is 0.245 e. The van der Waals surface area contributed by atoms with Gasteiger partial charge in [-0.25, -0.2) is 14.6 Å². The molecule has 2 N–H and O–H groups in total. The summed E-state index contributed by atoms with van der Waals surface area (Å²) in [6, 6.07) is 9.00. The molecule has 6 rings (SSSR count). The molecule has 0 bridgehead atoms. The molecule has 2 aromatic heterocycles. The van der Waals surface area contributed by atoms with Gasteiger partial charge in [0.15, 0.2) is 5.65 Å². The highest BCUT2D eigenvalue weighted by molar-refractivity contribution is 5.98. The number of carbonyl (C=O) groups is 1. The Balaban J connectivity index is 1.25. The van der Waals surface area contributed by atoms with E-state index in [-0.39, 0.29) is 11.9 Å². The molecule has 2 saturated heterocycles. The van der Waals surface area contributed by atoms with Gasteiger partial charge in [0, 0.05) is 25.2 Å². The Bertz CT molecular complexity index is 1240. The number of rotatable bonds is 5. The summed E-state index contributed by atoms with van der Waals surface area (Å²) in [5, 5.41) is 5.92. The maximum absolute atomic E-state index is 12.1. The van der Waals surface area contributed by atoms with Crippen molar-refractivity contribution in [3.8, 4) is 11.3 Å². The van der Waals surface area contributed by atoms with E-state index in [2.05, 4.69) is 50.4 Å². The summed E-state index contributed by atoms with van der Waals surface area (Å²) in [7, 11) is 0. The summed E-state index contributed by atoms with van der Waals surface area (Å²) in [6.45, 7) is 8.61. The summed E-state index contributed by atoms with van der Waals surface area (Å²) < 4.78 is 2.08. The normalized spacial score (nSPS) is 24.7. The number of nitrogen functional groups attached to an aromatic ring is 1. The van der Waals surface area contributed by atoms with Crippen molar-refractivity contribution in [2.24, 2.45) is 11.8 Å². The number of benzene rings is 1. The lowest BCUT2D eigenvalue weighted by molar-refractivity contribution is -0.125. The van der Waals surface area contributed by atoms with E-state index in [4.69, 9.17) is 10.8 Å². The van der Waals surface area contributed by atoms with Crippen molar-refractivity contribution in [3.63, 3.8) is 0 Å². The van der Waals surface area contributed by atoms with Crippen molar-refractivity contribution in [3.05, 3.63) is 48.8 Å². The quantitative estimate of drug-likeness (QED) is 0.548. The number of nitrogens with zero attached hydrogens (tertiary/aromatic N) is 6. The van der Waals surface area contributed by atoms with E-state index in [0.717, 1.165) is 54.8 Å². The first-order valence-electron chi connectivity index (χ1n) is 13.3. The molecule has 8 heteroatoms. The Morgan fingerprint density at radius 2 is 1.72 bits per heavy atom. The van der Waals surface area contributed by atoms with Crippen LogP contribution in [0.4, 0.5) is 5.82 Å². The standard InChI is InChI=1S/C28H35N7O/c1-2-24(36)34-16-21-13-23(14-22(21)17-34)35-28-25(27(29)30-18-31-28)26(32-35)20-9-7-19(8-10-20)15-33-11-5-3-4-6-12-33/h2,7-10,18,21-23H,1,3-6,11-17H2,(H2,29,30,31). The minimum atomic E-state index is 0.0348. The molecule has 4 heterocycles. The average Bonchev–Trinajstić information content (AvgIpc) is 3.52. The topological polar surface area (TPSA) is 93.2 Å². The van der Waals surface area contributed by atoms with Gasteiger partial charge in [-0.05, 0) is 62.2 Å². The number of fused-ring (bicyclic) bond motifs is 2. The van der Waals surface area contributed by atoms with Crippen LogP contribution in [0.3, 0.4) is 0 Å². The molecule has 1 aliphatic carbocycles. The lowest BCUT2D eigenvalue weighted by atomic mass is 10.0. The second-order valence-electron chi connectivity index (χ2n) is 10.7. The van der Waals surface area contributed by atoms with Crippen LogP contribution in [0.15, 0.2) is 43.2 Å². The number of carbonyl (C=O) groups excluding carboxylic acids is 1. The second kappa shape index (κ2) is 9.65. The molecule has 2 unspecified atom stereocenters. The number of hydrogen-bond acceptors (Lipinski definition) is 6. The van der Waals surface area contributed by atoms with Crippen LogP contribution in [-0.2, 0) is 11.3 Å². The summed E-state index contributed by atoms with van der Waals surface area (Å²) in [5.41, 5.74) is 10.4. The molecule has 1 amide bonds. The van der Waals surface area contributed by atoms with E-state index in [0.29, 0.717) is 17.7 Å². The Labute approximate surface area is 212 Å². The molecule has 2 atom stereocenters. The molecule has 8 nitrogen and oxygen atoms in total. The van der Waals surface area contributed by atoms with Crippen molar-refractivity contribution in [1.29, 1.82) is 0 Å². The maximum Gasteiger partial charge on any atom is 0.245 e. The van der Waals surface area contributed by atoms with Crippen LogP contribution >= 0.6 is 0 Å². The SMILES string of the molecule is C=CC(=O)N1CC2CC(n3nc(-c4ccc(CN5CCCCCC5)cc4)c4c(N)ncnc43)CC2C1. The van der Waals surface area contributed by atoms with Crippen LogP contribution in [0.2, 0.25) is 0 Å². The molecule has 3 aromatic rings. The van der Waals surface area contributed by atoms with Crippen LogP contribution in [0.5, 0.6) is 0 Å². The third-order valence-corrected chi connectivity index (χ3v) is 8.41. The van der Waals surface area contributed by atoms with Gasteiger partial charge in [0.25, 0.3) is 0 Å². The number of likely N-dealkylation sites (tertiary alicyclic amines) is 2. The van der Waals surface area contributed by atoms with Crippen molar-refractivity contribution in [1.82, 2.24) is 29.5 Å². The van der Waals surface area contributed by atoms with Crippen LogP contribution in [-0.4, -0.2) is 61.6 Å². The van der Waals surface area contributed by atoms with Gasteiger partial charge < -0.3 is 10.6 Å². The average molecular weight is 486 g/mol. The molecule has 2 aliphatic heterocycles. The fourth-order valence-corrected chi connectivity index (χ4v) is 6.55. The minimum absolute atomic E-state index is 0.0348. The fourth-order valence-electron chi connectivity index (χ4n) is 6.55. The summed E-state index contributed by atoms with van der Waals surface area (Å²) >= 11 is 0.